The molecule has 0 aliphatic carbocycles. The maximum atomic E-state index is 13.3. The number of amides is 1. The Kier molecular flexibility index (Phi) is 17.6. The van der Waals surface area contributed by atoms with Crippen molar-refractivity contribution in [2.45, 2.75) is 46.5 Å². The van der Waals surface area contributed by atoms with E-state index in [0.717, 1.165) is 19.4 Å². The predicted molar refractivity (Wildman–Crippen MR) is 254 cm³/mol. The number of hydrogen-bond acceptors (Lipinski definition) is 14. The number of alkyl halides is 1. The molecule has 1 amide bonds. The van der Waals surface area contributed by atoms with Gasteiger partial charge in [-0.15, -0.1) is 11.6 Å². The quantitative estimate of drug-likeness (QED) is 0.118. The van der Waals surface area contributed by atoms with E-state index in [9.17, 15) is 33.9 Å². The Hall–Kier alpha value is -6.59. The first-order valence-corrected chi connectivity index (χ1v) is 21.6. The first-order chi connectivity index (χ1) is 31.2. The number of pyridine rings is 4. The number of halogens is 3. The van der Waals surface area contributed by atoms with E-state index in [1.807, 2.05) is 12.1 Å². The second-order valence-corrected chi connectivity index (χ2v) is 16.0. The van der Waals surface area contributed by atoms with E-state index in [0.29, 0.717) is 45.3 Å². The maximum absolute atomic E-state index is 13.3. The summed E-state index contributed by atoms with van der Waals surface area (Å²) in [5.74, 6) is 0.302. The number of hydrogen-bond donors (Lipinski definition) is 3. The van der Waals surface area contributed by atoms with E-state index in [1.54, 1.807) is 80.1 Å². The Balaban J connectivity index is 0.000000206. The Bertz CT molecular complexity index is 3150. The molecule has 0 saturated carbocycles. The van der Waals surface area contributed by atoms with Crippen LogP contribution in [0.4, 0.5) is 11.6 Å². The third-order valence-corrected chi connectivity index (χ3v) is 10.7. The second-order valence-electron chi connectivity index (χ2n) is 14.1. The first kappa shape index (κ1) is 50.4. The largest absolute Gasteiger partial charge is 0.390 e. The number of aliphatic hydroxyl groups is 2. The van der Waals surface area contributed by atoms with Crippen LogP contribution in [0.5, 0.6) is 0 Å². The zero-order valence-electron chi connectivity index (χ0n) is 34.6. The van der Waals surface area contributed by atoms with Crippen molar-refractivity contribution in [2.24, 2.45) is 19.1 Å². The molecule has 8 heterocycles. The van der Waals surface area contributed by atoms with E-state index in [2.05, 4.69) is 67.1 Å². The van der Waals surface area contributed by atoms with Gasteiger partial charge in [-0.3, -0.25) is 47.4 Å². The van der Waals surface area contributed by atoms with E-state index in [4.69, 9.17) is 16.7 Å². The minimum atomic E-state index is -0.630. The Morgan fingerprint density at radius 1 is 0.727 bits per heavy atom. The van der Waals surface area contributed by atoms with Gasteiger partial charge in [0.1, 0.15) is 39.8 Å². The smallest absolute Gasteiger partial charge is 0.332 e. The molecule has 7 aromatic heterocycles. The van der Waals surface area contributed by atoms with E-state index in [-0.39, 0.29) is 74.3 Å². The van der Waals surface area contributed by atoms with Gasteiger partial charge < -0.3 is 20.1 Å². The minimum Gasteiger partial charge on any atom is -0.390 e. The summed E-state index contributed by atoms with van der Waals surface area (Å²) in [6.07, 6.45) is 3.77. The van der Waals surface area contributed by atoms with Crippen LogP contribution in [0, 0.1) is 0 Å². The van der Waals surface area contributed by atoms with Crippen molar-refractivity contribution in [2.75, 3.05) is 17.8 Å². The van der Waals surface area contributed by atoms with Crippen molar-refractivity contribution in [1.29, 1.82) is 0 Å². The lowest BCUT2D eigenvalue weighted by molar-refractivity contribution is -0.117. The van der Waals surface area contributed by atoms with Gasteiger partial charge in [-0.25, -0.2) is 29.5 Å². The number of aromatic nitrogens is 10. The fourth-order valence-electron chi connectivity index (χ4n) is 6.50. The van der Waals surface area contributed by atoms with Gasteiger partial charge in [0.2, 0.25) is 5.91 Å². The fourth-order valence-corrected chi connectivity index (χ4v) is 7.32. The molecule has 0 radical (unpaired) electrons. The lowest BCUT2D eigenvalue weighted by atomic mass is 10.2. The number of nitrogens with one attached hydrogen (secondary N) is 1. The lowest BCUT2D eigenvalue weighted by Crippen LogP contribution is -2.40. The number of carbonyl (C=O) groups is 2. The summed E-state index contributed by atoms with van der Waals surface area (Å²) in [6, 6.07) is 21.0. The number of rotatable bonds is 12. The van der Waals surface area contributed by atoms with Crippen molar-refractivity contribution in [3.63, 3.8) is 0 Å². The highest BCUT2D eigenvalue weighted by atomic mass is 79.9. The number of carbonyl (C=O) groups excluding carboxylic acids is 2. The van der Waals surface area contributed by atoms with Gasteiger partial charge in [0.05, 0.1) is 48.2 Å². The normalized spacial score (nSPS) is 11.3. The van der Waals surface area contributed by atoms with Crippen LogP contribution < -0.4 is 27.8 Å². The average molecular weight is 1050 g/mol. The second kappa shape index (κ2) is 23.0. The van der Waals surface area contributed by atoms with Crippen molar-refractivity contribution in [3.8, 4) is 0 Å². The molecule has 0 atom stereocenters. The molecule has 1 aliphatic rings. The molecule has 1 aliphatic heterocycles. The molecule has 0 unspecified atom stereocenters. The molecular formula is C43H43Br2ClN12O8. The SMILES string of the molecule is C.Cn1c(=O)n(Cc2ccccn2)c(=O)c2c1nc(CO)n2CC(=O)Nc1cccc(Br)n1.Cn1c2c(c(=O)n(Cc3ccccn3)c1=O)CC(CO)=N2.O=C(CCl)Cc1cccc(Br)n1. The molecule has 0 fully saturated rings. The molecule has 0 saturated heterocycles. The Morgan fingerprint density at radius 2 is 1.32 bits per heavy atom. The topological polar surface area (TPSA) is 256 Å². The number of imidazole rings is 1. The monoisotopic (exact) mass is 1050 g/mol. The van der Waals surface area contributed by atoms with Crippen LogP contribution in [0.25, 0.3) is 11.2 Å². The summed E-state index contributed by atoms with van der Waals surface area (Å²) in [4.78, 5) is 99.3. The van der Waals surface area contributed by atoms with E-state index >= 15 is 0 Å². The fraction of sp³-hybridized carbons (Fsp3) is 0.256. The third-order valence-electron chi connectivity index (χ3n) is 9.57. The lowest BCUT2D eigenvalue weighted by Gasteiger charge is -2.11. The number of aliphatic hydroxyl groups excluding tert-OH is 2. The van der Waals surface area contributed by atoms with Crippen molar-refractivity contribution in [1.82, 2.24) is 47.8 Å². The number of Topliss-reactive ketones (excluding diaryl/α,β-unsaturated/α-hetero) is 1. The average Bonchev–Trinajstić information content (AvgIpc) is 3.91. The van der Waals surface area contributed by atoms with Gasteiger partial charge >= 0.3 is 11.4 Å². The number of aliphatic imine (C=N–C) groups is 1. The summed E-state index contributed by atoms with van der Waals surface area (Å²) in [5, 5.41) is 21.6. The van der Waals surface area contributed by atoms with Crippen LogP contribution in [-0.2, 0) is 62.8 Å². The molecule has 20 nitrogen and oxygen atoms in total. The first-order valence-electron chi connectivity index (χ1n) is 19.4. The molecule has 23 heteroatoms. The Labute approximate surface area is 397 Å². The van der Waals surface area contributed by atoms with Gasteiger partial charge in [-0.1, -0.05) is 31.7 Å². The molecule has 3 N–H and O–H groups in total. The summed E-state index contributed by atoms with van der Waals surface area (Å²) in [5.41, 5.74) is 0.938. The molecular weight excluding hydrogens is 1010 g/mol. The Morgan fingerprint density at radius 3 is 1.88 bits per heavy atom. The van der Waals surface area contributed by atoms with Crippen LogP contribution >= 0.6 is 43.5 Å². The van der Waals surface area contributed by atoms with Gasteiger partial charge in [-0.2, -0.15) is 0 Å². The zero-order chi connectivity index (χ0) is 46.8. The predicted octanol–water partition coefficient (Wildman–Crippen LogP) is 3.07. The van der Waals surface area contributed by atoms with Crippen molar-refractivity contribution in [3.05, 3.63) is 165 Å². The van der Waals surface area contributed by atoms with Crippen LogP contribution in [0.3, 0.4) is 0 Å². The van der Waals surface area contributed by atoms with E-state index < -0.39 is 29.5 Å². The van der Waals surface area contributed by atoms with Crippen molar-refractivity contribution < 1.29 is 19.8 Å². The van der Waals surface area contributed by atoms with Gasteiger partial charge in [0, 0.05) is 45.0 Å². The molecule has 66 heavy (non-hydrogen) atoms. The summed E-state index contributed by atoms with van der Waals surface area (Å²) >= 11 is 11.8. The molecule has 0 spiro atoms. The standard InChI is InChI=1S/C20H18BrN7O4.C14H14N4O3.C8H7BrClNO.CH4/c1-26-18-17(19(31)28(20(26)32)9-12-5-2-3-8-22-12)27(15(11-29)25-18)10-16(30)24-14-7-4-6-13(21)23-14;1-17-12-11(6-10(8-19)16-12)13(20)18(14(17)21)7-9-4-2-3-5-15-9;9-8-3-1-2-6(11-8)4-7(12)5-10;/h2-8,29H,9-11H2,1H3,(H,23,24,30);2-5,19H,6-8H2,1H3;1-3H,4-5H2;1H4. The molecule has 7 aromatic rings. The van der Waals surface area contributed by atoms with Gasteiger partial charge in [-0.05, 0) is 80.4 Å². The van der Waals surface area contributed by atoms with Crippen LogP contribution in [0.1, 0.15) is 35.9 Å². The van der Waals surface area contributed by atoms with Crippen LogP contribution in [-0.4, -0.2) is 87.9 Å². The van der Waals surface area contributed by atoms with Gasteiger partial charge in [0.25, 0.3) is 11.1 Å². The number of fused-ring (bicyclic) bond motifs is 2. The summed E-state index contributed by atoms with van der Waals surface area (Å²) in [6.45, 7) is -0.977. The highest BCUT2D eigenvalue weighted by Crippen LogP contribution is 2.21. The minimum absolute atomic E-state index is 0. The maximum Gasteiger partial charge on any atom is 0.332 e. The molecule has 344 valence electrons. The number of anilines is 1. The molecule has 0 bridgehead atoms. The highest BCUT2D eigenvalue weighted by molar-refractivity contribution is 9.10. The number of aryl methyl sites for hydroxylation is 1. The summed E-state index contributed by atoms with van der Waals surface area (Å²) in [7, 11) is 3.04. The van der Waals surface area contributed by atoms with Crippen LogP contribution in [0.15, 0.2) is 119 Å². The van der Waals surface area contributed by atoms with Crippen LogP contribution in [0.2, 0.25) is 0 Å². The highest BCUT2D eigenvalue weighted by Gasteiger charge is 2.24. The summed E-state index contributed by atoms with van der Waals surface area (Å²) < 4.78 is 7.31. The zero-order valence-corrected chi connectivity index (χ0v) is 38.6. The number of ketones is 1. The van der Waals surface area contributed by atoms with Gasteiger partial charge in [0.15, 0.2) is 16.9 Å². The molecule has 8 rings (SSSR count). The third kappa shape index (κ3) is 12.0. The van der Waals surface area contributed by atoms with E-state index in [1.165, 1.54) is 20.7 Å². The molecule has 0 aromatic carbocycles. The van der Waals surface area contributed by atoms with Crippen molar-refractivity contribution >= 4 is 83.7 Å². The number of nitrogens with zero attached hydrogens (tertiary/aromatic N) is 11.